The molecule has 8 nitrogen and oxygen atoms in total. The molecule has 2 saturated heterocycles. The van der Waals surface area contributed by atoms with Crippen molar-refractivity contribution in [2.45, 2.75) is 26.7 Å². The number of aromatic nitrogens is 2. The van der Waals surface area contributed by atoms with Crippen LogP contribution in [0.2, 0.25) is 0 Å². The summed E-state index contributed by atoms with van der Waals surface area (Å²) >= 11 is 0. The number of nitrogens with zero attached hydrogens (tertiary/aromatic N) is 4. The summed E-state index contributed by atoms with van der Waals surface area (Å²) in [6.07, 6.45) is 1.84. The Morgan fingerprint density at radius 2 is 1.96 bits per heavy atom. The Kier molecular flexibility index (Phi) is 5.93. The predicted molar refractivity (Wildman–Crippen MR) is 97.9 cm³/mol. The number of anilines is 1. The normalized spacial score (nSPS) is 21.7. The van der Waals surface area contributed by atoms with Gasteiger partial charge < -0.3 is 15.0 Å². The van der Waals surface area contributed by atoms with Crippen LogP contribution in [0.25, 0.3) is 0 Å². The molecule has 2 fully saturated rings. The van der Waals surface area contributed by atoms with E-state index in [1.807, 2.05) is 25.8 Å². The zero-order valence-corrected chi connectivity index (χ0v) is 16.0. The van der Waals surface area contributed by atoms with Gasteiger partial charge in [0.2, 0.25) is 11.8 Å². The lowest BCUT2D eigenvalue weighted by molar-refractivity contribution is -0.141. The average molecular weight is 363 g/mol. The molecule has 8 heteroatoms. The fraction of sp³-hybridized carbons (Fsp3) is 0.722. The zero-order chi connectivity index (χ0) is 18.7. The Bertz CT molecular complexity index is 666. The quantitative estimate of drug-likeness (QED) is 0.845. The lowest BCUT2D eigenvalue weighted by Gasteiger charge is -2.35. The molecule has 0 aliphatic carbocycles. The molecular formula is C18H29N5O3. The Labute approximate surface area is 154 Å². The van der Waals surface area contributed by atoms with Crippen molar-refractivity contribution in [3.05, 3.63) is 11.4 Å². The average Bonchev–Trinajstić information content (AvgIpc) is 2.88. The van der Waals surface area contributed by atoms with Crippen molar-refractivity contribution in [3.8, 4) is 0 Å². The number of piperidine rings is 1. The van der Waals surface area contributed by atoms with Crippen LogP contribution in [0.1, 0.15) is 24.2 Å². The van der Waals surface area contributed by atoms with E-state index in [4.69, 9.17) is 4.74 Å². The molecule has 1 atom stereocenters. The van der Waals surface area contributed by atoms with E-state index < -0.39 is 0 Å². The first kappa shape index (κ1) is 18.8. The number of hydrogen-bond donors (Lipinski definition) is 1. The third-order valence-electron chi connectivity index (χ3n) is 5.32. The maximum absolute atomic E-state index is 12.7. The molecule has 0 spiro atoms. The molecule has 2 aliphatic heterocycles. The number of ether oxygens (including phenoxy) is 1. The highest BCUT2D eigenvalue weighted by atomic mass is 16.5. The fourth-order valence-electron chi connectivity index (χ4n) is 3.78. The van der Waals surface area contributed by atoms with E-state index in [1.165, 1.54) is 0 Å². The fourth-order valence-corrected chi connectivity index (χ4v) is 3.78. The molecule has 1 aromatic heterocycles. The number of likely N-dealkylation sites (tertiary alicyclic amines) is 1. The van der Waals surface area contributed by atoms with Gasteiger partial charge in [-0.2, -0.15) is 5.10 Å². The van der Waals surface area contributed by atoms with Gasteiger partial charge in [-0.15, -0.1) is 0 Å². The topological polar surface area (TPSA) is 79.7 Å². The summed E-state index contributed by atoms with van der Waals surface area (Å²) < 4.78 is 7.09. The molecule has 1 N–H and O–H groups in total. The van der Waals surface area contributed by atoms with E-state index in [0.717, 1.165) is 36.5 Å². The smallest absolute Gasteiger partial charge is 0.238 e. The summed E-state index contributed by atoms with van der Waals surface area (Å²) in [6, 6.07) is 0. The number of amides is 2. The monoisotopic (exact) mass is 363 g/mol. The van der Waals surface area contributed by atoms with Gasteiger partial charge in [0.15, 0.2) is 0 Å². The van der Waals surface area contributed by atoms with Crippen molar-refractivity contribution in [1.29, 1.82) is 0 Å². The first-order chi connectivity index (χ1) is 12.5. The molecule has 26 heavy (non-hydrogen) atoms. The minimum absolute atomic E-state index is 0.0171. The van der Waals surface area contributed by atoms with Gasteiger partial charge in [0.05, 0.1) is 42.8 Å². The van der Waals surface area contributed by atoms with Crippen molar-refractivity contribution in [2.24, 2.45) is 13.0 Å². The minimum atomic E-state index is -0.0522. The lowest BCUT2D eigenvalue weighted by atomic mass is 9.96. The summed E-state index contributed by atoms with van der Waals surface area (Å²) in [5.74, 6) is 0.137. The number of rotatable bonds is 4. The van der Waals surface area contributed by atoms with E-state index in [9.17, 15) is 9.59 Å². The summed E-state index contributed by atoms with van der Waals surface area (Å²) in [5, 5.41) is 7.30. The molecule has 2 aliphatic rings. The van der Waals surface area contributed by atoms with Crippen molar-refractivity contribution < 1.29 is 14.3 Å². The first-order valence-corrected chi connectivity index (χ1v) is 9.34. The Morgan fingerprint density at radius 1 is 1.23 bits per heavy atom. The van der Waals surface area contributed by atoms with Crippen LogP contribution in [0, 0.1) is 19.8 Å². The molecule has 0 aromatic carbocycles. The van der Waals surface area contributed by atoms with E-state index in [1.54, 1.807) is 4.68 Å². The Morgan fingerprint density at radius 3 is 2.62 bits per heavy atom. The Hall–Kier alpha value is -1.93. The summed E-state index contributed by atoms with van der Waals surface area (Å²) in [4.78, 5) is 29.2. The van der Waals surface area contributed by atoms with E-state index in [0.29, 0.717) is 39.4 Å². The SMILES string of the molecule is Cc1nn(C)c(C)c1NC(=O)CN1CCCC(C(=O)N2CCOCC2)C1. The lowest BCUT2D eigenvalue weighted by Crippen LogP contribution is -2.49. The van der Waals surface area contributed by atoms with Gasteiger partial charge in [0.25, 0.3) is 0 Å². The third kappa shape index (κ3) is 4.24. The second-order valence-corrected chi connectivity index (χ2v) is 7.23. The molecule has 0 bridgehead atoms. The number of carbonyl (C=O) groups excluding carboxylic acids is 2. The van der Waals surface area contributed by atoms with Crippen molar-refractivity contribution in [3.63, 3.8) is 0 Å². The zero-order valence-electron chi connectivity index (χ0n) is 16.0. The van der Waals surface area contributed by atoms with Crippen molar-refractivity contribution in [1.82, 2.24) is 19.6 Å². The molecule has 0 radical (unpaired) electrons. The maximum atomic E-state index is 12.7. The van der Waals surface area contributed by atoms with Gasteiger partial charge in [0, 0.05) is 26.7 Å². The van der Waals surface area contributed by atoms with Crippen LogP contribution in [0.4, 0.5) is 5.69 Å². The van der Waals surface area contributed by atoms with Crippen LogP contribution in [0.15, 0.2) is 0 Å². The number of carbonyl (C=O) groups is 2. The highest BCUT2D eigenvalue weighted by Crippen LogP contribution is 2.21. The van der Waals surface area contributed by atoms with Gasteiger partial charge >= 0.3 is 0 Å². The van der Waals surface area contributed by atoms with Gasteiger partial charge in [-0.1, -0.05) is 0 Å². The third-order valence-corrected chi connectivity index (χ3v) is 5.32. The second-order valence-electron chi connectivity index (χ2n) is 7.23. The van der Waals surface area contributed by atoms with Crippen molar-refractivity contribution in [2.75, 3.05) is 51.3 Å². The van der Waals surface area contributed by atoms with Crippen LogP contribution in [-0.4, -0.2) is 77.3 Å². The number of morpholine rings is 1. The Balaban J connectivity index is 1.54. The highest BCUT2D eigenvalue weighted by molar-refractivity contribution is 5.93. The molecule has 2 amide bonds. The summed E-state index contributed by atoms with van der Waals surface area (Å²) in [7, 11) is 1.87. The second kappa shape index (κ2) is 8.18. The number of hydrogen-bond acceptors (Lipinski definition) is 5. The number of nitrogens with one attached hydrogen (secondary N) is 1. The molecule has 1 aromatic rings. The van der Waals surface area contributed by atoms with Gasteiger partial charge in [-0.05, 0) is 33.2 Å². The van der Waals surface area contributed by atoms with Gasteiger partial charge in [0.1, 0.15) is 0 Å². The predicted octanol–water partition coefficient (Wildman–Crippen LogP) is 0.546. The first-order valence-electron chi connectivity index (χ1n) is 9.34. The van der Waals surface area contributed by atoms with Gasteiger partial charge in [-0.25, -0.2) is 0 Å². The molecular weight excluding hydrogens is 334 g/mol. The molecule has 3 rings (SSSR count). The van der Waals surface area contributed by atoms with E-state index in [-0.39, 0.29) is 17.7 Å². The summed E-state index contributed by atoms with van der Waals surface area (Å²) in [5.41, 5.74) is 2.54. The van der Waals surface area contributed by atoms with Crippen LogP contribution in [0.5, 0.6) is 0 Å². The molecule has 144 valence electrons. The number of aryl methyl sites for hydroxylation is 2. The van der Waals surface area contributed by atoms with E-state index >= 15 is 0 Å². The van der Waals surface area contributed by atoms with Crippen LogP contribution < -0.4 is 5.32 Å². The minimum Gasteiger partial charge on any atom is -0.378 e. The maximum Gasteiger partial charge on any atom is 0.238 e. The van der Waals surface area contributed by atoms with Crippen molar-refractivity contribution >= 4 is 17.5 Å². The summed E-state index contributed by atoms with van der Waals surface area (Å²) in [6.45, 7) is 8.22. The van der Waals surface area contributed by atoms with Crippen LogP contribution in [-0.2, 0) is 21.4 Å². The standard InChI is InChI=1S/C18H29N5O3/c1-13-17(14(2)21(3)20-13)19-16(24)12-22-6-4-5-15(11-22)18(25)23-7-9-26-10-8-23/h15H,4-12H2,1-3H3,(H,19,24). The highest BCUT2D eigenvalue weighted by Gasteiger charge is 2.30. The van der Waals surface area contributed by atoms with Gasteiger partial charge in [-0.3, -0.25) is 19.2 Å². The molecule has 0 saturated carbocycles. The molecule has 1 unspecified atom stereocenters. The molecule has 3 heterocycles. The van der Waals surface area contributed by atoms with Crippen LogP contribution in [0.3, 0.4) is 0 Å². The van der Waals surface area contributed by atoms with E-state index in [2.05, 4.69) is 15.3 Å². The van der Waals surface area contributed by atoms with Crippen LogP contribution >= 0.6 is 0 Å². The largest absolute Gasteiger partial charge is 0.378 e.